The molecule has 110 valence electrons. The van der Waals surface area contributed by atoms with E-state index >= 15 is 0 Å². The third kappa shape index (κ3) is 4.81. The van der Waals surface area contributed by atoms with Crippen LogP contribution in [-0.2, 0) is 0 Å². The molecule has 1 aromatic heterocycles. The fraction of sp³-hybridized carbons (Fsp3) is 0.500. The number of rotatable bonds is 6. The lowest BCUT2D eigenvalue weighted by molar-refractivity contribution is -0.385. The molecular formula is C12H19N5O3. The maximum Gasteiger partial charge on any atom is 0.288 e. The van der Waals surface area contributed by atoms with E-state index in [1.54, 1.807) is 0 Å². The number of amides is 1. The third-order valence-corrected chi connectivity index (χ3v) is 2.42. The van der Waals surface area contributed by atoms with Crippen LogP contribution in [0.3, 0.4) is 0 Å². The number of primary amides is 1. The van der Waals surface area contributed by atoms with Crippen molar-refractivity contribution in [3.63, 3.8) is 0 Å². The highest BCUT2D eigenvalue weighted by Gasteiger charge is 2.16. The number of anilines is 1. The van der Waals surface area contributed by atoms with Gasteiger partial charge >= 0.3 is 0 Å². The number of hydrogen-bond donors (Lipinski definition) is 3. The highest BCUT2D eigenvalue weighted by atomic mass is 16.6. The second-order valence-corrected chi connectivity index (χ2v) is 5.31. The van der Waals surface area contributed by atoms with E-state index in [2.05, 4.69) is 15.6 Å². The molecule has 0 unspecified atom stereocenters. The van der Waals surface area contributed by atoms with E-state index in [0.717, 1.165) is 12.3 Å². The van der Waals surface area contributed by atoms with Crippen molar-refractivity contribution in [2.75, 3.05) is 18.4 Å². The molecule has 0 radical (unpaired) electrons. The largest absolute Gasteiger partial charge is 0.368 e. The van der Waals surface area contributed by atoms with Gasteiger partial charge in [-0.3, -0.25) is 14.9 Å². The first-order valence-electron chi connectivity index (χ1n) is 6.14. The number of nitrogens with one attached hydrogen (secondary N) is 2. The average molecular weight is 281 g/mol. The third-order valence-electron chi connectivity index (χ3n) is 2.42. The summed E-state index contributed by atoms with van der Waals surface area (Å²) in [6.07, 6.45) is 1.09. The molecule has 0 aromatic carbocycles. The van der Waals surface area contributed by atoms with Gasteiger partial charge < -0.3 is 16.4 Å². The molecule has 0 aliphatic rings. The van der Waals surface area contributed by atoms with Crippen LogP contribution >= 0.6 is 0 Å². The number of carbonyl (C=O) groups excluding carboxylic acids is 1. The van der Waals surface area contributed by atoms with Crippen molar-refractivity contribution in [2.24, 2.45) is 5.73 Å². The highest BCUT2D eigenvalue weighted by Crippen LogP contribution is 2.18. The van der Waals surface area contributed by atoms with Crippen molar-refractivity contribution in [3.8, 4) is 0 Å². The topological polar surface area (TPSA) is 123 Å². The van der Waals surface area contributed by atoms with E-state index in [0.29, 0.717) is 13.1 Å². The summed E-state index contributed by atoms with van der Waals surface area (Å²) in [5, 5.41) is 16.8. The summed E-state index contributed by atoms with van der Waals surface area (Å²) >= 11 is 0. The minimum Gasteiger partial charge on any atom is -0.368 e. The number of nitrogens with two attached hydrogens (primary N) is 1. The molecule has 1 amide bonds. The molecule has 4 N–H and O–H groups in total. The standard InChI is InChI=1S/C12H19N5O3/c1-12(2,3)16-5-4-14-11-9(10(13)18)6-8(7-15-11)17(19)20/h6-7,16H,4-5H2,1-3H3,(H2,13,18)(H,14,15). The van der Waals surface area contributed by atoms with Gasteiger partial charge in [0.15, 0.2) is 0 Å². The van der Waals surface area contributed by atoms with Gasteiger partial charge in [0.2, 0.25) is 0 Å². The van der Waals surface area contributed by atoms with Crippen LogP contribution in [-0.4, -0.2) is 34.4 Å². The summed E-state index contributed by atoms with van der Waals surface area (Å²) < 4.78 is 0. The van der Waals surface area contributed by atoms with Gasteiger partial charge in [0.1, 0.15) is 12.0 Å². The number of aromatic nitrogens is 1. The fourth-order valence-corrected chi connectivity index (χ4v) is 1.50. The lowest BCUT2D eigenvalue weighted by atomic mass is 10.1. The molecule has 0 spiro atoms. The summed E-state index contributed by atoms with van der Waals surface area (Å²) in [6.45, 7) is 7.27. The van der Waals surface area contributed by atoms with Crippen LogP contribution in [0.25, 0.3) is 0 Å². The van der Waals surface area contributed by atoms with Crippen LogP contribution in [0.1, 0.15) is 31.1 Å². The number of carbonyl (C=O) groups is 1. The Balaban J connectivity index is 2.75. The van der Waals surface area contributed by atoms with Crippen LogP contribution in [0.15, 0.2) is 12.3 Å². The van der Waals surface area contributed by atoms with Gasteiger partial charge in [-0.1, -0.05) is 0 Å². The van der Waals surface area contributed by atoms with Crippen molar-refractivity contribution in [3.05, 3.63) is 27.9 Å². The van der Waals surface area contributed by atoms with Crippen LogP contribution in [0.4, 0.5) is 11.5 Å². The molecule has 8 nitrogen and oxygen atoms in total. The first-order valence-corrected chi connectivity index (χ1v) is 6.14. The van der Waals surface area contributed by atoms with Crippen molar-refractivity contribution < 1.29 is 9.72 Å². The van der Waals surface area contributed by atoms with Crippen LogP contribution < -0.4 is 16.4 Å². The molecule has 1 rings (SSSR count). The second kappa shape index (κ2) is 6.29. The van der Waals surface area contributed by atoms with E-state index in [-0.39, 0.29) is 22.6 Å². The predicted octanol–water partition coefficient (Wildman–Crippen LogP) is 0.889. The monoisotopic (exact) mass is 281 g/mol. The second-order valence-electron chi connectivity index (χ2n) is 5.31. The Hall–Kier alpha value is -2.22. The number of hydrogen-bond acceptors (Lipinski definition) is 6. The molecule has 0 atom stereocenters. The Morgan fingerprint density at radius 2 is 2.10 bits per heavy atom. The molecule has 8 heteroatoms. The zero-order chi connectivity index (χ0) is 15.3. The van der Waals surface area contributed by atoms with Gasteiger partial charge in [-0.15, -0.1) is 0 Å². The van der Waals surface area contributed by atoms with Gasteiger partial charge in [0.25, 0.3) is 11.6 Å². The summed E-state index contributed by atoms with van der Waals surface area (Å²) in [5.41, 5.74) is 4.93. The first kappa shape index (κ1) is 15.8. The Morgan fingerprint density at radius 1 is 1.45 bits per heavy atom. The Kier molecular flexibility index (Phi) is 4.98. The van der Waals surface area contributed by atoms with E-state index in [9.17, 15) is 14.9 Å². The Morgan fingerprint density at radius 3 is 2.60 bits per heavy atom. The molecule has 1 aromatic rings. The Bertz CT molecular complexity index is 510. The molecule has 0 bridgehead atoms. The van der Waals surface area contributed by atoms with Crippen LogP contribution in [0, 0.1) is 10.1 Å². The summed E-state index contributed by atoms with van der Waals surface area (Å²) in [5.74, 6) is -0.508. The maximum atomic E-state index is 11.3. The molecule has 20 heavy (non-hydrogen) atoms. The van der Waals surface area contributed by atoms with Gasteiger partial charge in [-0.05, 0) is 20.8 Å². The van der Waals surface area contributed by atoms with Crippen molar-refractivity contribution in [2.45, 2.75) is 26.3 Å². The smallest absolute Gasteiger partial charge is 0.288 e. The molecule has 0 saturated carbocycles. The number of pyridine rings is 1. The van der Waals surface area contributed by atoms with Gasteiger partial charge in [-0.25, -0.2) is 4.98 Å². The zero-order valence-corrected chi connectivity index (χ0v) is 11.8. The van der Waals surface area contributed by atoms with E-state index in [1.807, 2.05) is 20.8 Å². The molecule has 0 aliphatic heterocycles. The molecule has 0 saturated heterocycles. The van der Waals surface area contributed by atoms with Gasteiger partial charge in [0, 0.05) is 24.7 Å². The normalized spacial score (nSPS) is 11.2. The lowest BCUT2D eigenvalue weighted by Crippen LogP contribution is -2.38. The molecule has 1 heterocycles. The maximum absolute atomic E-state index is 11.3. The van der Waals surface area contributed by atoms with E-state index in [1.165, 1.54) is 0 Å². The Labute approximate surface area is 116 Å². The van der Waals surface area contributed by atoms with Crippen molar-refractivity contribution >= 4 is 17.4 Å². The summed E-state index contributed by atoms with van der Waals surface area (Å²) in [7, 11) is 0. The summed E-state index contributed by atoms with van der Waals surface area (Å²) in [4.78, 5) is 25.2. The van der Waals surface area contributed by atoms with E-state index < -0.39 is 10.8 Å². The molecule has 0 fully saturated rings. The van der Waals surface area contributed by atoms with Crippen molar-refractivity contribution in [1.29, 1.82) is 0 Å². The average Bonchev–Trinajstić information content (AvgIpc) is 2.33. The van der Waals surface area contributed by atoms with Crippen LogP contribution in [0.2, 0.25) is 0 Å². The number of nitro groups is 1. The molecule has 0 aliphatic carbocycles. The lowest BCUT2D eigenvalue weighted by Gasteiger charge is -2.20. The minimum absolute atomic E-state index is 0.00922. The van der Waals surface area contributed by atoms with Gasteiger partial charge in [0.05, 0.1) is 10.5 Å². The minimum atomic E-state index is -0.757. The van der Waals surface area contributed by atoms with Gasteiger partial charge in [-0.2, -0.15) is 0 Å². The fourth-order valence-electron chi connectivity index (χ4n) is 1.50. The predicted molar refractivity (Wildman–Crippen MR) is 75.7 cm³/mol. The quantitative estimate of drug-likeness (QED) is 0.404. The van der Waals surface area contributed by atoms with E-state index in [4.69, 9.17) is 5.73 Å². The summed E-state index contributed by atoms with van der Waals surface area (Å²) in [6, 6.07) is 1.12. The van der Waals surface area contributed by atoms with Crippen molar-refractivity contribution in [1.82, 2.24) is 10.3 Å². The van der Waals surface area contributed by atoms with Crippen LogP contribution in [0.5, 0.6) is 0 Å². The molecular weight excluding hydrogens is 262 g/mol. The number of nitrogens with zero attached hydrogens (tertiary/aromatic N) is 2. The highest BCUT2D eigenvalue weighted by molar-refractivity contribution is 5.98. The SMILES string of the molecule is CC(C)(C)NCCNc1ncc([N+](=O)[O-])cc1C(N)=O. The first-order chi connectivity index (χ1) is 9.20. The zero-order valence-electron chi connectivity index (χ0n) is 11.8.